The minimum absolute atomic E-state index is 0.0537. The fourth-order valence-corrected chi connectivity index (χ4v) is 4.27. The van der Waals surface area contributed by atoms with Crippen molar-refractivity contribution in [3.63, 3.8) is 0 Å². The van der Waals surface area contributed by atoms with Crippen LogP contribution in [0.5, 0.6) is 5.75 Å². The van der Waals surface area contributed by atoms with Gasteiger partial charge in [0.1, 0.15) is 5.75 Å². The predicted molar refractivity (Wildman–Crippen MR) is 128 cm³/mol. The molecule has 0 unspecified atom stereocenters. The number of amides is 1. The molecule has 3 heterocycles. The Balaban J connectivity index is 1.26. The molecule has 1 saturated carbocycles. The third-order valence-electron chi connectivity index (χ3n) is 6.17. The lowest BCUT2D eigenvalue weighted by molar-refractivity contribution is -0.121. The van der Waals surface area contributed by atoms with Crippen LogP contribution in [0.25, 0.3) is 0 Å². The number of rotatable bonds is 8. The van der Waals surface area contributed by atoms with Crippen molar-refractivity contribution in [1.82, 2.24) is 19.7 Å². The lowest BCUT2D eigenvalue weighted by atomic mass is 10.2. The molecule has 1 saturated heterocycles. The van der Waals surface area contributed by atoms with Gasteiger partial charge in [0.2, 0.25) is 5.91 Å². The molecule has 2 fully saturated rings. The number of anilines is 1. The maximum atomic E-state index is 12.9. The van der Waals surface area contributed by atoms with Gasteiger partial charge in [-0.3, -0.25) is 24.3 Å². The van der Waals surface area contributed by atoms with Crippen molar-refractivity contribution in [2.45, 2.75) is 32.9 Å². The standard InChI is InChI=1S/C25H28ClN5O2/c1-18-12-24(30-11-10-29(16-25(30)32)15-22-4-2-3-9-27-22)28-31(18)14-20-13-21(26)7-8-23(20)33-17-19-5-6-19/h2-4,7-9,12-13,19H,5-6,10-11,14-17H2,1H3. The lowest BCUT2D eigenvalue weighted by Crippen LogP contribution is -2.50. The highest BCUT2D eigenvalue weighted by Gasteiger charge is 2.27. The molecule has 1 aliphatic heterocycles. The fraction of sp³-hybridized carbons (Fsp3) is 0.400. The van der Waals surface area contributed by atoms with Crippen LogP contribution in [-0.4, -0.2) is 51.8 Å². The van der Waals surface area contributed by atoms with Gasteiger partial charge in [-0.25, -0.2) is 0 Å². The molecular weight excluding hydrogens is 438 g/mol. The molecule has 7 nitrogen and oxygen atoms in total. The van der Waals surface area contributed by atoms with Gasteiger partial charge < -0.3 is 4.74 Å². The monoisotopic (exact) mass is 465 g/mol. The molecule has 3 aromatic rings. The van der Waals surface area contributed by atoms with Crippen LogP contribution in [0.15, 0.2) is 48.7 Å². The molecule has 1 aliphatic carbocycles. The second-order valence-electron chi connectivity index (χ2n) is 8.89. The largest absolute Gasteiger partial charge is 0.493 e. The molecule has 2 aliphatic rings. The van der Waals surface area contributed by atoms with E-state index in [0.29, 0.717) is 42.9 Å². The Morgan fingerprint density at radius 2 is 2.00 bits per heavy atom. The van der Waals surface area contributed by atoms with E-state index in [1.54, 1.807) is 11.1 Å². The zero-order valence-corrected chi connectivity index (χ0v) is 19.5. The average molecular weight is 466 g/mol. The smallest absolute Gasteiger partial charge is 0.242 e. The van der Waals surface area contributed by atoms with E-state index >= 15 is 0 Å². The van der Waals surface area contributed by atoms with Gasteiger partial charge in [-0.15, -0.1) is 0 Å². The predicted octanol–water partition coefficient (Wildman–Crippen LogP) is 3.93. The van der Waals surface area contributed by atoms with Gasteiger partial charge in [-0.1, -0.05) is 17.7 Å². The number of nitrogens with zero attached hydrogens (tertiary/aromatic N) is 5. The van der Waals surface area contributed by atoms with Crippen LogP contribution in [0.3, 0.4) is 0 Å². The Hall–Kier alpha value is -2.90. The van der Waals surface area contributed by atoms with Gasteiger partial charge in [0.15, 0.2) is 5.82 Å². The number of halogens is 1. The van der Waals surface area contributed by atoms with Crippen molar-refractivity contribution >= 4 is 23.3 Å². The normalized spacial score (nSPS) is 16.9. The van der Waals surface area contributed by atoms with Crippen molar-refractivity contribution < 1.29 is 9.53 Å². The number of aromatic nitrogens is 3. The first kappa shape index (κ1) is 21.9. The van der Waals surface area contributed by atoms with Crippen LogP contribution in [-0.2, 0) is 17.9 Å². The van der Waals surface area contributed by atoms with E-state index in [4.69, 9.17) is 21.4 Å². The number of carbonyl (C=O) groups is 1. The maximum Gasteiger partial charge on any atom is 0.242 e. The summed E-state index contributed by atoms with van der Waals surface area (Å²) in [4.78, 5) is 21.2. The quantitative estimate of drug-likeness (QED) is 0.504. The van der Waals surface area contributed by atoms with Crippen LogP contribution in [0.2, 0.25) is 5.02 Å². The Bertz CT molecular complexity index is 1130. The summed E-state index contributed by atoms with van der Waals surface area (Å²) in [5, 5.41) is 5.43. The Labute approximate surface area is 198 Å². The van der Waals surface area contributed by atoms with Crippen LogP contribution >= 0.6 is 11.6 Å². The van der Waals surface area contributed by atoms with Crippen LogP contribution in [0.1, 0.15) is 29.8 Å². The SMILES string of the molecule is Cc1cc(N2CCN(Cc3ccccn3)CC2=O)nn1Cc1cc(Cl)ccc1OCC1CC1. The van der Waals surface area contributed by atoms with E-state index in [9.17, 15) is 4.79 Å². The number of pyridine rings is 1. The molecule has 0 atom stereocenters. The first-order valence-electron chi connectivity index (χ1n) is 11.4. The van der Waals surface area contributed by atoms with Gasteiger partial charge in [0.05, 0.1) is 25.4 Å². The fourth-order valence-electron chi connectivity index (χ4n) is 4.07. The van der Waals surface area contributed by atoms with Gasteiger partial charge in [0.25, 0.3) is 0 Å². The van der Waals surface area contributed by atoms with Crippen molar-refractivity contribution in [2.75, 3.05) is 31.1 Å². The molecule has 0 radical (unpaired) electrons. The molecule has 0 spiro atoms. The number of benzene rings is 1. The highest BCUT2D eigenvalue weighted by atomic mass is 35.5. The van der Waals surface area contributed by atoms with Crippen LogP contribution in [0.4, 0.5) is 5.82 Å². The molecule has 0 N–H and O–H groups in total. The molecule has 1 aromatic carbocycles. The highest BCUT2D eigenvalue weighted by Crippen LogP contribution is 2.31. The van der Waals surface area contributed by atoms with Crippen LogP contribution in [0, 0.1) is 12.8 Å². The number of aryl methyl sites for hydroxylation is 1. The van der Waals surface area contributed by atoms with E-state index in [1.807, 2.05) is 54.1 Å². The summed E-state index contributed by atoms with van der Waals surface area (Å²) < 4.78 is 7.97. The number of carbonyl (C=O) groups excluding carboxylic acids is 1. The zero-order chi connectivity index (χ0) is 22.8. The van der Waals surface area contributed by atoms with Crippen molar-refractivity contribution in [1.29, 1.82) is 0 Å². The Kier molecular flexibility index (Phi) is 6.33. The summed E-state index contributed by atoms with van der Waals surface area (Å²) in [5.74, 6) is 2.27. The Morgan fingerprint density at radius 1 is 1.12 bits per heavy atom. The molecule has 8 heteroatoms. The molecule has 5 rings (SSSR count). The zero-order valence-electron chi connectivity index (χ0n) is 18.8. The van der Waals surface area contributed by atoms with E-state index in [1.165, 1.54) is 12.8 Å². The number of hydrogen-bond acceptors (Lipinski definition) is 5. The minimum Gasteiger partial charge on any atom is -0.493 e. The van der Waals surface area contributed by atoms with Crippen molar-refractivity contribution in [3.8, 4) is 5.75 Å². The summed E-state index contributed by atoms with van der Waals surface area (Å²) in [7, 11) is 0. The third-order valence-corrected chi connectivity index (χ3v) is 6.41. The molecular formula is C25H28ClN5O2. The molecule has 33 heavy (non-hydrogen) atoms. The highest BCUT2D eigenvalue weighted by molar-refractivity contribution is 6.30. The molecule has 2 aromatic heterocycles. The summed E-state index contributed by atoms with van der Waals surface area (Å²) in [5.41, 5.74) is 2.95. The molecule has 1 amide bonds. The second-order valence-corrected chi connectivity index (χ2v) is 9.32. The molecule has 172 valence electrons. The van der Waals surface area contributed by atoms with Crippen molar-refractivity contribution in [3.05, 3.63) is 70.6 Å². The van der Waals surface area contributed by atoms with E-state index < -0.39 is 0 Å². The topological polar surface area (TPSA) is 63.5 Å². The van der Waals surface area contributed by atoms with Crippen molar-refractivity contribution in [2.24, 2.45) is 5.92 Å². The van der Waals surface area contributed by atoms with Gasteiger partial charge in [-0.05, 0) is 56.0 Å². The second kappa shape index (κ2) is 9.53. The summed E-state index contributed by atoms with van der Waals surface area (Å²) in [6.07, 6.45) is 4.27. The minimum atomic E-state index is 0.0537. The van der Waals surface area contributed by atoms with E-state index in [-0.39, 0.29) is 5.91 Å². The average Bonchev–Trinajstić information content (AvgIpc) is 3.56. The van der Waals surface area contributed by atoms with Gasteiger partial charge in [-0.2, -0.15) is 5.10 Å². The Morgan fingerprint density at radius 3 is 2.76 bits per heavy atom. The first-order valence-corrected chi connectivity index (χ1v) is 11.8. The number of hydrogen-bond donors (Lipinski definition) is 0. The summed E-state index contributed by atoms with van der Waals surface area (Å²) >= 11 is 6.27. The van der Waals surface area contributed by atoms with Crippen LogP contribution < -0.4 is 9.64 Å². The summed E-state index contributed by atoms with van der Waals surface area (Å²) in [6, 6.07) is 13.6. The lowest BCUT2D eigenvalue weighted by Gasteiger charge is -2.32. The third kappa shape index (κ3) is 5.37. The molecule has 0 bridgehead atoms. The maximum absolute atomic E-state index is 12.9. The summed E-state index contributed by atoms with van der Waals surface area (Å²) in [6.45, 7) is 5.71. The van der Waals surface area contributed by atoms with E-state index in [0.717, 1.165) is 35.9 Å². The van der Waals surface area contributed by atoms with Gasteiger partial charge in [0, 0.05) is 48.2 Å². The number of ether oxygens (including phenoxy) is 1. The van der Waals surface area contributed by atoms with Gasteiger partial charge >= 0.3 is 0 Å². The number of piperazine rings is 1. The first-order chi connectivity index (χ1) is 16.0. The van der Waals surface area contributed by atoms with E-state index in [2.05, 4.69) is 9.88 Å².